The van der Waals surface area contributed by atoms with E-state index in [0.29, 0.717) is 18.0 Å². The Morgan fingerprint density at radius 3 is 2.43 bits per heavy atom. The van der Waals surface area contributed by atoms with Gasteiger partial charge in [-0.05, 0) is 36.8 Å². The highest BCUT2D eigenvalue weighted by molar-refractivity contribution is 7.99. The Morgan fingerprint density at radius 2 is 1.76 bits per heavy atom. The number of rotatable bonds is 6. The second-order valence-electron chi connectivity index (χ2n) is 4.81. The molecule has 2 nitrogen and oxygen atoms in total. The molecular weight excluding hydrogens is 302 g/mol. The molecule has 0 spiro atoms. The van der Waals surface area contributed by atoms with Crippen LogP contribution in [0.2, 0.25) is 5.02 Å². The summed E-state index contributed by atoms with van der Waals surface area (Å²) in [6, 6.07) is 15.8. The van der Waals surface area contributed by atoms with Crippen molar-refractivity contribution < 1.29 is 4.79 Å². The number of halogens is 1. The van der Waals surface area contributed by atoms with Gasteiger partial charge in [0.25, 0.3) is 0 Å². The van der Waals surface area contributed by atoms with Crippen molar-refractivity contribution in [1.29, 1.82) is 0 Å². The van der Waals surface area contributed by atoms with Crippen molar-refractivity contribution in [1.82, 2.24) is 5.32 Å². The van der Waals surface area contributed by atoms with E-state index in [-0.39, 0.29) is 5.91 Å². The molecule has 0 aliphatic rings. The second-order valence-corrected chi connectivity index (χ2v) is 6.42. The molecule has 0 aliphatic carbocycles. The van der Waals surface area contributed by atoms with Crippen molar-refractivity contribution in [2.45, 2.75) is 18.2 Å². The maximum Gasteiger partial charge on any atom is 0.224 e. The predicted octanol–water partition coefficient (Wildman–Crippen LogP) is 4.10. The summed E-state index contributed by atoms with van der Waals surface area (Å²) in [5.41, 5.74) is 2.23. The fourth-order valence-electron chi connectivity index (χ4n) is 1.84. The number of carbonyl (C=O) groups excluding carboxylic acids is 1. The Labute approximate surface area is 134 Å². The number of nitrogens with one attached hydrogen (secondary N) is 1. The molecule has 0 bridgehead atoms. The van der Waals surface area contributed by atoms with Crippen LogP contribution >= 0.6 is 23.4 Å². The zero-order chi connectivity index (χ0) is 15.1. The molecule has 21 heavy (non-hydrogen) atoms. The molecular formula is C17H18ClNOS. The molecule has 0 aromatic heterocycles. The molecule has 2 aromatic rings. The van der Waals surface area contributed by atoms with E-state index in [4.69, 9.17) is 11.6 Å². The van der Waals surface area contributed by atoms with Crippen LogP contribution < -0.4 is 5.32 Å². The first-order chi connectivity index (χ1) is 10.1. The topological polar surface area (TPSA) is 29.1 Å². The first-order valence-electron chi connectivity index (χ1n) is 6.84. The summed E-state index contributed by atoms with van der Waals surface area (Å²) < 4.78 is 0. The molecule has 0 atom stereocenters. The van der Waals surface area contributed by atoms with E-state index in [0.717, 1.165) is 11.3 Å². The van der Waals surface area contributed by atoms with Crippen LogP contribution in [0.5, 0.6) is 0 Å². The van der Waals surface area contributed by atoms with Crippen LogP contribution in [-0.2, 0) is 11.2 Å². The smallest absolute Gasteiger partial charge is 0.224 e. The van der Waals surface area contributed by atoms with Crippen molar-refractivity contribution >= 4 is 29.3 Å². The lowest BCUT2D eigenvalue weighted by Gasteiger charge is -2.06. The van der Waals surface area contributed by atoms with Gasteiger partial charge in [0, 0.05) is 22.2 Å². The third kappa shape index (κ3) is 5.82. The quantitative estimate of drug-likeness (QED) is 0.641. The molecule has 2 rings (SSSR count). The highest BCUT2D eigenvalue weighted by atomic mass is 35.5. The fourth-order valence-corrected chi connectivity index (χ4v) is 2.74. The van der Waals surface area contributed by atoms with E-state index in [1.165, 1.54) is 10.5 Å². The fraction of sp³-hybridized carbons (Fsp3) is 0.235. The van der Waals surface area contributed by atoms with Gasteiger partial charge in [-0.2, -0.15) is 0 Å². The van der Waals surface area contributed by atoms with Crippen LogP contribution in [0.3, 0.4) is 0 Å². The summed E-state index contributed by atoms with van der Waals surface area (Å²) in [5, 5.41) is 3.62. The average molecular weight is 320 g/mol. The zero-order valence-electron chi connectivity index (χ0n) is 11.9. The number of benzene rings is 2. The molecule has 4 heteroatoms. The van der Waals surface area contributed by atoms with E-state index in [9.17, 15) is 4.79 Å². The summed E-state index contributed by atoms with van der Waals surface area (Å²) >= 11 is 7.56. The van der Waals surface area contributed by atoms with Crippen LogP contribution in [-0.4, -0.2) is 18.2 Å². The molecule has 0 heterocycles. The standard InChI is InChI=1S/C17H18ClNOS/c1-13-2-8-16(9-3-13)21-11-10-19-17(20)12-14-4-6-15(18)7-5-14/h2-9H,10-12H2,1H3,(H,19,20). The van der Waals surface area contributed by atoms with Gasteiger partial charge in [0.15, 0.2) is 0 Å². The van der Waals surface area contributed by atoms with E-state index in [2.05, 4.69) is 36.5 Å². The Bertz CT molecular complexity index is 581. The van der Waals surface area contributed by atoms with Crippen molar-refractivity contribution in [3.8, 4) is 0 Å². The first kappa shape index (κ1) is 15.9. The molecule has 0 saturated heterocycles. The van der Waals surface area contributed by atoms with E-state index in [1.54, 1.807) is 23.9 Å². The van der Waals surface area contributed by atoms with Gasteiger partial charge in [-0.1, -0.05) is 41.4 Å². The Morgan fingerprint density at radius 1 is 1.10 bits per heavy atom. The number of amides is 1. The lowest BCUT2D eigenvalue weighted by molar-refractivity contribution is -0.120. The maximum absolute atomic E-state index is 11.8. The third-order valence-electron chi connectivity index (χ3n) is 2.99. The van der Waals surface area contributed by atoms with Crippen LogP contribution in [0.25, 0.3) is 0 Å². The molecule has 1 amide bonds. The summed E-state index contributed by atoms with van der Waals surface area (Å²) in [6.45, 7) is 2.75. The molecule has 0 unspecified atom stereocenters. The Kier molecular flexibility index (Phi) is 6.15. The molecule has 2 aromatic carbocycles. The predicted molar refractivity (Wildman–Crippen MR) is 90.1 cm³/mol. The van der Waals surface area contributed by atoms with Crippen LogP contribution in [0.15, 0.2) is 53.4 Å². The highest BCUT2D eigenvalue weighted by Crippen LogP contribution is 2.17. The van der Waals surface area contributed by atoms with Crippen molar-refractivity contribution in [3.63, 3.8) is 0 Å². The number of hydrogen-bond donors (Lipinski definition) is 1. The van der Waals surface area contributed by atoms with E-state index < -0.39 is 0 Å². The van der Waals surface area contributed by atoms with Gasteiger partial charge >= 0.3 is 0 Å². The summed E-state index contributed by atoms with van der Waals surface area (Å²) in [7, 11) is 0. The lowest BCUT2D eigenvalue weighted by atomic mass is 10.1. The van der Waals surface area contributed by atoms with Gasteiger partial charge in [0.2, 0.25) is 5.91 Å². The van der Waals surface area contributed by atoms with Gasteiger partial charge < -0.3 is 5.32 Å². The summed E-state index contributed by atoms with van der Waals surface area (Å²) in [6.07, 6.45) is 0.395. The largest absolute Gasteiger partial charge is 0.355 e. The van der Waals surface area contributed by atoms with Gasteiger partial charge in [-0.25, -0.2) is 0 Å². The summed E-state index contributed by atoms with van der Waals surface area (Å²) in [5.74, 6) is 0.914. The molecule has 0 aliphatic heterocycles. The zero-order valence-corrected chi connectivity index (χ0v) is 13.5. The molecule has 0 saturated carbocycles. The van der Waals surface area contributed by atoms with Crippen molar-refractivity contribution in [2.75, 3.05) is 12.3 Å². The Hall–Kier alpha value is -1.45. The maximum atomic E-state index is 11.8. The minimum absolute atomic E-state index is 0.0434. The van der Waals surface area contributed by atoms with Crippen LogP contribution in [0.1, 0.15) is 11.1 Å². The summed E-state index contributed by atoms with van der Waals surface area (Å²) in [4.78, 5) is 13.0. The third-order valence-corrected chi connectivity index (χ3v) is 4.26. The molecule has 0 fully saturated rings. The van der Waals surface area contributed by atoms with Gasteiger partial charge in [0.1, 0.15) is 0 Å². The van der Waals surface area contributed by atoms with Crippen LogP contribution in [0.4, 0.5) is 0 Å². The highest BCUT2D eigenvalue weighted by Gasteiger charge is 2.03. The van der Waals surface area contributed by atoms with Gasteiger partial charge in [-0.3, -0.25) is 4.79 Å². The van der Waals surface area contributed by atoms with Gasteiger partial charge in [-0.15, -0.1) is 11.8 Å². The van der Waals surface area contributed by atoms with E-state index >= 15 is 0 Å². The normalized spacial score (nSPS) is 10.4. The van der Waals surface area contributed by atoms with Gasteiger partial charge in [0.05, 0.1) is 6.42 Å². The van der Waals surface area contributed by atoms with Crippen LogP contribution in [0, 0.1) is 6.92 Å². The lowest BCUT2D eigenvalue weighted by Crippen LogP contribution is -2.27. The molecule has 110 valence electrons. The second kappa shape index (κ2) is 8.11. The number of aryl methyl sites for hydroxylation is 1. The first-order valence-corrected chi connectivity index (χ1v) is 8.20. The van der Waals surface area contributed by atoms with Crippen molar-refractivity contribution in [2.24, 2.45) is 0 Å². The number of thioether (sulfide) groups is 1. The SMILES string of the molecule is Cc1ccc(SCCNC(=O)Cc2ccc(Cl)cc2)cc1. The van der Waals surface area contributed by atoms with E-state index in [1.807, 2.05) is 12.1 Å². The number of carbonyl (C=O) groups is 1. The molecule has 1 N–H and O–H groups in total. The molecule has 0 radical (unpaired) electrons. The minimum Gasteiger partial charge on any atom is -0.355 e. The average Bonchev–Trinajstić information content (AvgIpc) is 2.48. The Balaban J connectivity index is 1.67. The minimum atomic E-state index is 0.0434. The number of hydrogen-bond acceptors (Lipinski definition) is 2. The monoisotopic (exact) mass is 319 g/mol. The van der Waals surface area contributed by atoms with Crippen molar-refractivity contribution in [3.05, 3.63) is 64.7 Å².